The van der Waals surface area contributed by atoms with Gasteiger partial charge in [0.2, 0.25) is 0 Å². The van der Waals surface area contributed by atoms with Gasteiger partial charge in [0.05, 0.1) is 7.11 Å². The Morgan fingerprint density at radius 1 is 1.38 bits per heavy atom. The maximum Gasteiger partial charge on any atom is 0.398 e. The zero-order chi connectivity index (χ0) is 10.4. The summed E-state index contributed by atoms with van der Waals surface area (Å²) >= 11 is 0. The van der Waals surface area contributed by atoms with E-state index in [-0.39, 0.29) is 5.71 Å². The van der Waals surface area contributed by atoms with Crippen LogP contribution in [-0.2, 0) is 19.1 Å². The van der Waals surface area contributed by atoms with E-state index in [4.69, 9.17) is 5.11 Å². The van der Waals surface area contributed by atoms with Crippen molar-refractivity contribution in [1.82, 2.24) is 5.43 Å². The molecule has 0 aliphatic heterocycles. The number of hydrogen-bond donors (Lipinski definition) is 2. The van der Waals surface area contributed by atoms with Gasteiger partial charge in [0.1, 0.15) is 5.71 Å². The number of ether oxygens (including phenoxy) is 1. The summed E-state index contributed by atoms with van der Waals surface area (Å²) in [5.74, 6) is -3.55. The molecule has 0 atom stereocenters. The first kappa shape index (κ1) is 11.1. The highest BCUT2D eigenvalue weighted by Crippen LogP contribution is 1.77. The average molecular weight is 188 g/mol. The normalized spacial score (nSPS) is 10.5. The average Bonchev–Trinajstić information content (AvgIpc) is 2.11. The van der Waals surface area contributed by atoms with Crippen LogP contribution in [0.1, 0.15) is 6.92 Å². The smallest absolute Gasteiger partial charge is 0.398 e. The monoisotopic (exact) mass is 188 g/mol. The standard InChI is InChI=1S/C6H8N2O5/c1-3(5(10)11)7-8-4(9)6(12)13-2/h1-2H3,(H,8,9)(H,10,11). The molecule has 0 aromatic carbocycles. The summed E-state index contributed by atoms with van der Waals surface area (Å²) in [6.07, 6.45) is 0. The van der Waals surface area contributed by atoms with E-state index in [1.807, 2.05) is 0 Å². The number of methoxy groups -OCH3 is 1. The number of hydrazone groups is 1. The fraction of sp³-hybridized carbons (Fsp3) is 0.333. The molecule has 0 saturated heterocycles. The molecule has 0 radical (unpaired) electrons. The number of carboxylic acids is 1. The number of nitrogens with zero attached hydrogens (tertiary/aromatic N) is 1. The highest BCUT2D eigenvalue weighted by molar-refractivity contribution is 6.36. The minimum Gasteiger partial charge on any atom is -0.477 e. The molecule has 72 valence electrons. The number of esters is 1. The number of hydrogen-bond acceptors (Lipinski definition) is 5. The van der Waals surface area contributed by atoms with Gasteiger partial charge >= 0.3 is 17.8 Å². The van der Waals surface area contributed by atoms with E-state index in [1.165, 1.54) is 6.92 Å². The summed E-state index contributed by atoms with van der Waals surface area (Å²) in [5, 5.41) is 11.4. The summed E-state index contributed by atoms with van der Waals surface area (Å²) in [4.78, 5) is 31.2. The number of carbonyl (C=O) groups excluding carboxylic acids is 2. The van der Waals surface area contributed by atoms with Crippen molar-refractivity contribution in [3.05, 3.63) is 0 Å². The van der Waals surface area contributed by atoms with Crippen molar-refractivity contribution in [2.45, 2.75) is 6.92 Å². The third kappa shape index (κ3) is 3.85. The summed E-state index contributed by atoms with van der Waals surface area (Å²) < 4.78 is 4.04. The highest BCUT2D eigenvalue weighted by atomic mass is 16.5. The maximum absolute atomic E-state index is 10.6. The lowest BCUT2D eigenvalue weighted by molar-refractivity contribution is -0.152. The zero-order valence-electron chi connectivity index (χ0n) is 7.03. The Morgan fingerprint density at radius 2 is 1.92 bits per heavy atom. The van der Waals surface area contributed by atoms with Crippen molar-refractivity contribution in [1.29, 1.82) is 0 Å². The second kappa shape index (κ2) is 4.86. The quantitative estimate of drug-likeness (QED) is 0.243. The van der Waals surface area contributed by atoms with Gasteiger partial charge in [-0.25, -0.2) is 15.0 Å². The zero-order valence-corrected chi connectivity index (χ0v) is 7.03. The third-order valence-corrected chi connectivity index (χ3v) is 1.01. The lowest BCUT2D eigenvalue weighted by atomic mass is 10.4. The maximum atomic E-state index is 10.6. The molecule has 2 N–H and O–H groups in total. The number of amides is 1. The van der Waals surface area contributed by atoms with Crippen molar-refractivity contribution < 1.29 is 24.2 Å². The first-order valence-corrected chi connectivity index (χ1v) is 3.15. The van der Waals surface area contributed by atoms with Crippen molar-refractivity contribution in [2.75, 3.05) is 7.11 Å². The SMILES string of the molecule is COC(=O)C(=O)NN=C(C)C(=O)O. The molecule has 0 aromatic heterocycles. The molecule has 7 heteroatoms. The highest BCUT2D eigenvalue weighted by Gasteiger charge is 2.12. The molecular weight excluding hydrogens is 180 g/mol. The molecule has 13 heavy (non-hydrogen) atoms. The van der Waals surface area contributed by atoms with E-state index in [2.05, 4.69) is 9.84 Å². The predicted molar refractivity (Wildman–Crippen MR) is 40.9 cm³/mol. The molecule has 0 aromatic rings. The van der Waals surface area contributed by atoms with Crippen LogP contribution in [0.3, 0.4) is 0 Å². The Morgan fingerprint density at radius 3 is 2.31 bits per heavy atom. The molecular formula is C6H8N2O5. The number of carboxylic acid groups (broad SMARTS) is 1. The Kier molecular flexibility index (Phi) is 4.14. The van der Waals surface area contributed by atoms with Gasteiger partial charge < -0.3 is 9.84 Å². The van der Waals surface area contributed by atoms with E-state index in [0.29, 0.717) is 0 Å². The lowest BCUT2D eigenvalue weighted by Gasteiger charge is -1.96. The van der Waals surface area contributed by atoms with Crippen molar-refractivity contribution in [3.63, 3.8) is 0 Å². The van der Waals surface area contributed by atoms with Gasteiger partial charge in [-0.1, -0.05) is 0 Å². The molecule has 1 amide bonds. The minimum atomic E-state index is -1.29. The summed E-state index contributed by atoms with van der Waals surface area (Å²) in [7, 11) is 1.02. The van der Waals surface area contributed by atoms with Gasteiger partial charge in [0.15, 0.2) is 0 Å². The molecule has 0 aliphatic rings. The number of rotatable bonds is 2. The molecule has 0 unspecified atom stereocenters. The lowest BCUT2D eigenvalue weighted by Crippen LogP contribution is -2.29. The van der Waals surface area contributed by atoms with Crippen LogP contribution in [0.5, 0.6) is 0 Å². The Bertz CT molecular complexity index is 270. The molecule has 0 spiro atoms. The molecule has 0 saturated carbocycles. The van der Waals surface area contributed by atoms with Crippen molar-refractivity contribution in [2.24, 2.45) is 5.10 Å². The van der Waals surface area contributed by atoms with Gasteiger partial charge in [-0.2, -0.15) is 5.10 Å². The van der Waals surface area contributed by atoms with Gasteiger partial charge in [0, 0.05) is 0 Å². The van der Waals surface area contributed by atoms with E-state index < -0.39 is 17.8 Å². The van der Waals surface area contributed by atoms with E-state index in [9.17, 15) is 14.4 Å². The van der Waals surface area contributed by atoms with Crippen LogP contribution in [0.4, 0.5) is 0 Å². The van der Waals surface area contributed by atoms with Gasteiger partial charge in [-0.3, -0.25) is 4.79 Å². The molecule has 0 fully saturated rings. The number of aliphatic carboxylic acids is 1. The first-order valence-electron chi connectivity index (χ1n) is 3.15. The Hall–Kier alpha value is -1.92. The van der Waals surface area contributed by atoms with E-state index in [0.717, 1.165) is 7.11 Å². The predicted octanol–water partition coefficient (Wildman–Crippen LogP) is -1.26. The van der Waals surface area contributed by atoms with Crippen LogP contribution in [0.25, 0.3) is 0 Å². The minimum absolute atomic E-state index is 0.336. The van der Waals surface area contributed by atoms with Crippen LogP contribution in [0, 0.1) is 0 Å². The van der Waals surface area contributed by atoms with Gasteiger partial charge in [0.25, 0.3) is 0 Å². The molecule has 7 nitrogen and oxygen atoms in total. The van der Waals surface area contributed by atoms with Gasteiger partial charge in [-0.05, 0) is 6.92 Å². The van der Waals surface area contributed by atoms with Crippen LogP contribution < -0.4 is 5.43 Å². The van der Waals surface area contributed by atoms with Crippen LogP contribution in [0.2, 0.25) is 0 Å². The van der Waals surface area contributed by atoms with Crippen LogP contribution in [0.15, 0.2) is 5.10 Å². The molecule has 0 rings (SSSR count). The second-order valence-electron chi connectivity index (χ2n) is 1.93. The Labute approximate surface area is 73.4 Å². The van der Waals surface area contributed by atoms with Gasteiger partial charge in [-0.15, -0.1) is 0 Å². The number of nitrogens with one attached hydrogen (secondary N) is 1. The third-order valence-electron chi connectivity index (χ3n) is 1.01. The second-order valence-corrected chi connectivity index (χ2v) is 1.93. The summed E-state index contributed by atoms with van der Waals surface area (Å²) in [6, 6.07) is 0. The van der Waals surface area contributed by atoms with Crippen LogP contribution in [-0.4, -0.2) is 35.8 Å². The topological polar surface area (TPSA) is 105 Å². The number of carbonyl (C=O) groups is 3. The largest absolute Gasteiger partial charge is 0.477 e. The fourth-order valence-corrected chi connectivity index (χ4v) is 0.321. The summed E-state index contributed by atoms with van der Waals surface area (Å²) in [5.41, 5.74) is 1.37. The van der Waals surface area contributed by atoms with Crippen LogP contribution >= 0.6 is 0 Å². The first-order chi connectivity index (χ1) is 5.99. The Balaban J connectivity index is 4.17. The summed E-state index contributed by atoms with van der Waals surface area (Å²) in [6.45, 7) is 1.17. The van der Waals surface area contributed by atoms with E-state index in [1.54, 1.807) is 5.43 Å². The molecule has 0 bridgehead atoms. The van der Waals surface area contributed by atoms with E-state index >= 15 is 0 Å². The van der Waals surface area contributed by atoms with Crippen molar-refractivity contribution >= 4 is 23.6 Å². The fourth-order valence-electron chi connectivity index (χ4n) is 0.321. The van der Waals surface area contributed by atoms with Crippen molar-refractivity contribution in [3.8, 4) is 0 Å². The molecule has 0 aliphatic carbocycles. The molecule has 0 heterocycles.